The first-order valence-corrected chi connectivity index (χ1v) is 22.8. The third-order valence-corrected chi connectivity index (χ3v) is 12.0. The van der Waals surface area contributed by atoms with Crippen LogP contribution >= 0.6 is 23.2 Å². The first kappa shape index (κ1) is 52.3. The number of aliphatic hydroxyl groups is 2. The van der Waals surface area contributed by atoms with Gasteiger partial charge in [-0.1, -0.05) is 59.6 Å². The second kappa shape index (κ2) is 25.5. The summed E-state index contributed by atoms with van der Waals surface area (Å²) in [5.41, 5.74) is 9.09. The van der Waals surface area contributed by atoms with Gasteiger partial charge in [-0.3, -0.25) is 19.6 Å². The van der Waals surface area contributed by atoms with Crippen molar-refractivity contribution in [1.29, 1.82) is 10.7 Å². The fourth-order valence-corrected chi connectivity index (χ4v) is 7.94. The van der Waals surface area contributed by atoms with Gasteiger partial charge in [-0.25, -0.2) is 0 Å². The van der Waals surface area contributed by atoms with Gasteiger partial charge in [-0.2, -0.15) is 5.26 Å². The number of carboxylic acid groups (broad SMARTS) is 2. The van der Waals surface area contributed by atoms with E-state index >= 15 is 0 Å². The summed E-state index contributed by atoms with van der Waals surface area (Å²) in [7, 11) is 0. The number of ether oxygens (including phenoxy) is 4. The van der Waals surface area contributed by atoms with E-state index < -0.39 is 24.0 Å². The maximum atomic E-state index is 11.8. The Morgan fingerprint density at radius 3 is 1.56 bits per heavy atom. The van der Waals surface area contributed by atoms with Crippen molar-refractivity contribution >= 4 is 41.4 Å². The Balaban J connectivity index is 1.21. The molecule has 0 fully saturated rings. The van der Waals surface area contributed by atoms with Crippen LogP contribution in [0.25, 0.3) is 11.1 Å². The van der Waals surface area contributed by atoms with Crippen LogP contribution in [-0.2, 0) is 49.1 Å². The van der Waals surface area contributed by atoms with Crippen LogP contribution in [0.15, 0.2) is 97.6 Å². The van der Waals surface area contributed by atoms with Crippen LogP contribution in [0, 0.1) is 30.6 Å². The Bertz CT molecular complexity index is 2860. The average molecular weight is 992 g/mol. The molecule has 16 nitrogen and oxygen atoms in total. The molecule has 0 spiro atoms. The summed E-state index contributed by atoms with van der Waals surface area (Å²) in [6.45, 7) is 3.96. The van der Waals surface area contributed by atoms with E-state index in [9.17, 15) is 35.3 Å². The summed E-state index contributed by atoms with van der Waals surface area (Å²) in [5, 5.41) is 61.5. The number of hydrogen-bond donors (Lipinski definition) is 7. The fraction of sp³-hybridized carbons (Fsp3) is 0.269. The van der Waals surface area contributed by atoms with Crippen molar-refractivity contribution in [2.75, 3.05) is 13.2 Å². The number of benzene rings is 4. The molecule has 2 heterocycles. The van der Waals surface area contributed by atoms with Gasteiger partial charge in [0, 0.05) is 97.3 Å². The van der Waals surface area contributed by atoms with Crippen LogP contribution in [0.2, 0.25) is 10.0 Å². The van der Waals surface area contributed by atoms with Gasteiger partial charge in [-0.15, -0.1) is 0 Å². The molecule has 70 heavy (non-hydrogen) atoms. The first-order chi connectivity index (χ1) is 33.8. The van der Waals surface area contributed by atoms with E-state index in [1.165, 1.54) is 12.4 Å². The highest BCUT2D eigenvalue weighted by atomic mass is 35.5. The lowest BCUT2D eigenvalue weighted by molar-refractivity contribution is -0.140. The lowest BCUT2D eigenvalue weighted by Gasteiger charge is -2.20. The predicted octanol–water partition coefficient (Wildman–Crippen LogP) is 8.10. The molecule has 0 saturated carbocycles. The normalized spacial score (nSPS) is 11.8. The minimum absolute atomic E-state index is 0.000676. The molecule has 7 N–H and O–H groups in total. The van der Waals surface area contributed by atoms with Crippen LogP contribution in [0.1, 0.15) is 68.5 Å². The molecule has 0 amide bonds. The van der Waals surface area contributed by atoms with Gasteiger partial charge in [0.25, 0.3) is 0 Å². The molecule has 6 rings (SSSR count). The number of aliphatic hydroxyl groups excluding tert-OH is 2. The summed E-state index contributed by atoms with van der Waals surface area (Å²) in [6.07, 6.45) is 7.41. The number of nitrogens with one attached hydrogen (secondary N) is 3. The molecule has 0 aliphatic heterocycles. The van der Waals surface area contributed by atoms with Crippen molar-refractivity contribution in [2.24, 2.45) is 0 Å². The average Bonchev–Trinajstić information content (AvgIpc) is 3.35. The van der Waals surface area contributed by atoms with Gasteiger partial charge in [0.1, 0.15) is 67.6 Å². The second-order valence-corrected chi connectivity index (χ2v) is 17.0. The number of nitrogens with zero attached hydrogens (tertiary/aromatic N) is 3. The van der Waals surface area contributed by atoms with Crippen LogP contribution in [0.5, 0.6) is 23.0 Å². The number of hydrogen-bond acceptors (Lipinski definition) is 14. The smallest absolute Gasteiger partial charge is 0.320 e. The van der Waals surface area contributed by atoms with E-state index in [0.29, 0.717) is 56.4 Å². The molecule has 0 radical (unpaired) electrons. The Kier molecular flexibility index (Phi) is 19.0. The minimum Gasteiger partial charge on any atom is -0.488 e. The highest BCUT2D eigenvalue weighted by Crippen LogP contribution is 2.37. The third kappa shape index (κ3) is 14.0. The number of rotatable bonds is 26. The molecule has 2 aromatic heterocycles. The van der Waals surface area contributed by atoms with E-state index in [0.717, 1.165) is 33.4 Å². The Morgan fingerprint density at radius 2 is 1.11 bits per heavy atom. The molecule has 4 aromatic carbocycles. The Labute approximate surface area is 414 Å². The van der Waals surface area contributed by atoms with Gasteiger partial charge in [0.15, 0.2) is 0 Å². The summed E-state index contributed by atoms with van der Waals surface area (Å²) >= 11 is 13.6. The quantitative estimate of drug-likeness (QED) is 0.0254. The topological polar surface area (TPSA) is 249 Å². The SMILES string of the molecule is Cc1c(COc2cc(OCc3cncc(C#N)c3)c(CN[C@@H](CCO)C(=O)O)cc2Cl)cccc1-c1cccc(COc2cc(OCc3cncc(C=N)c3)c(CN[C@H](CCO)C(=O)O)cc2Cl)c1C. The fourth-order valence-electron chi connectivity index (χ4n) is 7.46. The molecule has 0 aliphatic carbocycles. The molecule has 6 aromatic rings. The number of aromatic nitrogens is 2. The molecule has 2 atom stereocenters. The number of carbonyl (C=O) groups is 2. The van der Waals surface area contributed by atoms with Crippen molar-refractivity contribution in [3.05, 3.63) is 163 Å². The van der Waals surface area contributed by atoms with Crippen LogP contribution in [0.3, 0.4) is 0 Å². The lowest BCUT2D eigenvalue weighted by atomic mass is 9.92. The van der Waals surface area contributed by atoms with Crippen molar-refractivity contribution in [2.45, 2.75) is 78.3 Å². The highest BCUT2D eigenvalue weighted by Gasteiger charge is 2.21. The van der Waals surface area contributed by atoms with E-state index in [-0.39, 0.29) is 75.6 Å². The first-order valence-electron chi connectivity index (χ1n) is 22.1. The molecule has 18 heteroatoms. The molecule has 364 valence electrons. The minimum atomic E-state index is -1.11. The number of nitriles is 1. The standard InChI is InChI=1S/C52H52Cl2N6O10/c1-31-37(29-69-49-17-47(67-27-35-13-33(19-55)21-57-23-35)39(15-43(49)53)25-59-45(9-11-61)51(63)64)5-3-7-41(31)42-8-4-6-38(32(42)2)30-70-50-18-48(68-28-36-14-34(20-56)22-58-24-36)40(16-44(50)54)26-60-46(10-12-62)52(65)66/h3-8,13-19,21-24,45-46,55,59-62H,9-12,25-30H2,1-2H3,(H,63,64)(H,65,66)/t45-,46+/m1/s1. The van der Waals surface area contributed by atoms with Crippen molar-refractivity contribution in [3.8, 4) is 40.2 Å². The van der Waals surface area contributed by atoms with Gasteiger partial charge in [-0.05, 0) is 84.3 Å². The number of aliphatic carboxylic acids is 2. The molecular weight excluding hydrogens is 940 g/mol. The van der Waals surface area contributed by atoms with Crippen LogP contribution in [0.4, 0.5) is 0 Å². The molecule has 0 aliphatic rings. The predicted molar refractivity (Wildman–Crippen MR) is 263 cm³/mol. The van der Waals surface area contributed by atoms with Crippen molar-refractivity contribution in [1.82, 2.24) is 20.6 Å². The third-order valence-electron chi connectivity index (χ3n) is 11.4. The highest BCUT2D eigenvalue weighted by molar-refractivity contribution is 6.32. The largest absolute Gasteiger partial charge is 0.488 e. The number of halogens is 2. The van der Waals surface area contributed by atoms with Gasteiger partial charge in [0.05, 0.1) is 15.6 Å². The molecular formula is C52H52Cl2N6O10. The van der Waals surface area contributed by atoms with Crippen LogP contribution in [-0.4, -0.2) is 73.8 Å². The zero-order valence-electron chi connectivity index (χ0n) is 38.4. The van der Waals surface area contributed by atoms with Crippen LogP contribution < -0.4 is 29.6 Å². The summed E-state index contributed by atoms with van der Waals surface area (Å²) in [6, 6.07) is 22.0. The molecule has 0 bridgehead atoms. The second-order valence-electron chi connectivity index (χ2n) is 16.1. The van der Waals surface area contributed by atoms with E-state index in [4.69, 9.17) is 47.6 Å². The summed E-state index contributed by atoms with van der Waals surface area (Å²) in [4.78, 5) is 31.9. The number of pyridine rings is 2. The lowest BCUT2D eigenvalue weighted by Crippen LogP contribution is -2.37. The van der Waals surface area contributed by atoms with Gasteiger partial charge < -0.3 is 55.4 Å². The van der Waals surface area contributed by atoms with Crippen molar-refractivity contribution < 1.29 is 49.0 Å². The number of carboxylic acids is 2. The van der Waals surface area contributed by atoms with E-state index in [2.05, 4.69) is 26.7 Å². The zero-order chi connectivity index (χ0) is 50.2. The van der Waals surface area contributed by atoms with Gasteiger partial charge in [0.2, 0.25) is 0 Å². The zero-order valence-corrected chi connectivity index (χ0v) is 39.9. The van der Waals surface area contributed by atoms with Crippen molar-refractivity contribution in [3.63, 3.8) is 0 Å². The Morgan fingerprint density at radius 1 is 0.657 bits per heavy atom. The van der Waals surface area contributed by atoms with Gasteiger partial charge >= 0.3 is 11.9 Å². The van der Waals surface area contributed by atoms with E-state index in [1.54, 1.807) is 55.0 Å². The molecule has 0 unspecified atom stereocenters. The maximum absolute atomic E-state index is 11.8. The summed E-state index contributed by atoms with van der Waals surface area (Å²) < 4.78 is 25.1. The maximum Gasteiger partial charge on any atom is 0.320 e. The monoisotopic (exact) mass is 990 g/mol. The summed E-state index contributed by atoms with van der Waals surface area (Å²) in [5.74, 6) is -0.793. The Hall–Kier alpha value is -7.10. The molecule has 0 saturated heterocycles. The van der Waals surface area contributed by atoms with E-state index in [1.807, 2.05) is 50.2 Å².